The molecule has 0 aliphatic carbocycles. The number of alkyl carbamates (subject to hydrolysis) is 1. The number of fused-ring (bicyclic) bond motifs is 2. The average Bonchev–Trinajstić information content (AvgIpc) is 3.51. The van der Waals surface area contributed by atoms with Gasteiger partial charge in [0.15, 0.2) is 0 Å². The minimum absolute atomic E-state index is 0.0235. The molecule has 6 aromatic rings. The number of H-pyrrole nitrogens is 1. The Labute approximate surface area is 267 Å². The second-order valence-corrected chi connectivity index (χ2v) is 10.4. The lowest BCUT2D eigenvalue weighted by atomic mass is 10.1. The first-order valence-electron chi connectivity index (χ1n) is 14.5. The summed E-state index contributed by atoms with van der Waals surface area (Å²) in [5.74, 6) is -0.914. The van der Waals surface area contributed by atoms with Crippen molar-refractivity contribution in [2.45, 2.75) is 19.1 Å². The lowest BCUT2D eigenvalue weighted by Crippen LogP contribution is -2.44. The number of nitrogens with one attached hydrogen (secondary N) is 2. The first-order chi connectivity index (χ1) is 22.9. The van der Waals surface area contributed by atoms with Crippen LogP contribution >= 0.6 is 0 Å². The van der Waals surface area contributed by atoms with E-state index in [-0.39, 0.29) is 35.5 Å². The van der Waals surface area contributed by atoms with E-state index in [1.165, 1.54) is 49.6 Å². The van der Waals surface area contributed by atoms with Gasteiger partial charge in [0.25, 0.3) is 0 Å². The lowest BCUT2D eigenvalue weighted by molar-refractivity contribution is -0.136. The topological polar surface area (TPSA) is 146 Å². The molecule has 0 aliphatic rings. The van der Waals surface area contributed by atoms with E-state index in [2.05, 4.69) is 15.0 Å². The summed E-state index contributed by atoms with van der Waals surface area (Å²) in [4.78, 5) is 54.2. The molecule has 1 amide bonds. The third kappa shape index (κ3) is 7.15. The summed E-state index contributed by atoms with van der Waals surface area (Å²) in [6, 6.07) is 26.0. The minimum atomic E-state index is -1.11. The molecular weight excluding hydrogens is 604 g/mol. The number of benzene rings is 4. The summed E-state index contributed by atoms with van der Waals surface area (Å²) in [6.07, 6.45) is 2.26. The van der Waals surface area contributed by atoms with E-state index in [9.17, 15) is 19.2 Å². The van der Waals surface area contributed by atoms with Crippen molar-refractivity contribution in [3.8, 4) is 17.2 Å². The number of hydrogen-bond donors (Lipinski definition) is 2. The molecule has 0 saturated carbocycles. The van der Waals surface area contributed by atoms with Crippen LogP contribution in [0.5, 0.6) is 17.2 Å². The molecule has 2 aromatic heterocycles. The Morgan fingerprint density at radius 3 is 2.40 bits per heavy atom. The number of aromatic nitrogens is 1. The number of aromatic amines is 1. The van der Waals surface area contributed by atoms with Crippen LogP contribution in [0.3, 0.4) is 0 Å². The molecule has 236 valence electrons. The van der Waals surface area contributed by atoms with Crippen LogP contribution in [-0.4, -0.2) is 36.2 Å². The quantitative estimate of drug-likeness (QED) is 0.131. The number of amides is 1. The standard InChI is InChI=1S/C36H28N2O9/c1-43-34(40)23-11-13-25(14-12-23)46-32-21-44-31-18-26(15-16-28(31)33(32)39)47-35(41)30(17-24-19-37-29-10-6-5-9-27(24)29)38-36(42)45-20-22-7-3-2-4-8-22/h2-16,18-19,21,30,37H,17,20H2,1H3,(H,38,42)/t30-/m1/s1. The second kappa shape index (κ2) is 13.7. The first-order valence-corrected chi connectivity index (χ1v) is 14.5. The number of methoxy groups -OCH3 is 1. The fourth-order valence-electron chi connectivity index (χ4n) is 4.94. The monoisotopic (exact) mass is 632 g/mol. The van der Waals surface area contributed by atoms with E-state index in [1.807, 2.05) is 54.6 Å². The molecule has 0 radical (unpaired) electrons. The van der Waals surface area contributed by atoms with Gasteiger partial charge < -0.3 is 33.7 Å². The van der Waals surface area contributed by atoms with Gasteiger partial charge in [0, 0.05) is 29.6 Å². The molecule has 11 heteroatoms. The number of para-hydroxylation sites is 1. The van der Waals surface area contributed by atoms with Gasteiger partial charge in [-0.05, 0) is 53.6 Å². The van der Waals surface area contributed by atoms with E-state index in [0.29, 0.717) is 11.3 Å². The van der Waals surface area contributed by atoms with Gasteiger partial charge in [-0.1, -0.05) is 48.5 Å². The number of ether oxygens (including phenoxy) is 4. The molecule has 0 fully saturated rings. The summed E-state index contributed by atoms with van der Waals surface area (Å²) in [7, 11) is 1.28. The maximum atomic E-state index is 13.5. The molecule has 2 N–H and O–H groups in total. The van der Waals surface area contributed by atoms with Crippen molar-refractivity contribution >= 4 is 39.9 Å². The maximum Gasteiger partial charge on any atom is 0.408 e. The van der Waals surface area contributed by atoms with Gasteiger partial charge in [-0.2, -0.15) is 0 Å². The lowest BCUT2D eigenvalue weighted by Gasteiger charge is -2.17. The molecule has 47 heavy (non-hydrogen) atoms. The second-order valence-electron chi connectivity index (χ2n) is 10.4. The first kappa shape index (κ1) is 30.7. The highest BCUT2D eigenvalue weighted by molar-refractivity contribution is 5.89. The molecule has 0 unspecified atom stereocenters. The number of carbonyl (C=O) groups is 3. The Kier molecular flexibility index (Phi) is 8.96. The molecule has 0 bridgehead atoms. The molecule has 6 rings (SSSR count). The highest BCUT2D eigenvalue weighted by Gasteiger charge is 2.26. The molecule has 1 atom stereocenters. The summed E-state index contributed by atoms with van der Waals surface area (Å²) in [5.41, 5.74) is 2.49. The number of rotatable bonds is 10. The Bertz CT molecular complexity index is 2120. The summed E-state index contributed by atoms with van der Waals surface area (Å²) >= 11 is 0. The average molecular weight is 633 g/mol. The largest absolute Gasteiger partial charge is 0.465 e. The van der Waals surface area contributed by atoms with E-state index in [4.69, 9.17) is 18.6 Å². The van der Waals surface area contributed by atoms with Crippen LogP contribution in [0.25, 0.3) is 21.9 Å². The van der Waals surface area contributed by atoms with Crippen LogP contribution in [0.1, 0.15) is 21.5 Å². The zero-order valence-electron chi connectivity index (χ0n) is 25.1. The highest BCUT2D eigenvalue weighted by atomic mass is 16.6. The van der Waals surface area contributed by atoms with Crippen molar-refractivity contribution in [1.29, 1.82) is 0 Å². The van der Waals surface area contributed by atoms with Gasteiger partial charge in [-0.15, -0.1) is 0 Å². The Balaban J connectivity index is 1.18. The van der Waals surface area contributed by atoms with Crippen LogP contribution in [-0.2, 0) is 27.3 Å². The number of carbonyl (C=O) groups excluding carboxylic acids is 3. The molecule has 0 saturated heterocycles. The highest BCUT2D eigenvalue weighted by Crippen LogP contribution is 2.25. The zero-order valence-corrected chi connectivity index (χ0v) is 25.1. The predicted molar refractivity (Wildman–Crippen MR) is 172 cm³/mol. The normalized spacial score (nSPS) is 11.5. The Hall–Kier alpha value is -6.36. The van der Waals surface area contributed by atoms with Gasteiger partial charge >= 0.3 is 18.0 Å². The van der Waals surface area contributed by atoms with E-state index in [1.54, 1.807) is 6.20 Å². The van der Waals surface area contributed by atoms with Crippen molar-refractivity contribution < 1.29 is 37.7 Å². The fourth-order valence-corrected chi connectivity index (χ4v) is 4.94. The molecular formula is C36H28N2O9. The summed E-state index contributed by atoms with van der Waals surface area (Å²) < 4.78 is 27.0. The predicted octanol–water partition coefficient (Wildman–Crippen LogP) is 6.30. The van der Waals surface area contributed by atoms with Crippen molar-refractivity contribution in [2.75, 3.05) is 7.11 Å². The van der Waals surface area contributed by atoms with E-state index in [0.717, 1.165) is 28.3 Å². The third-order valence-electron chi connectivity index (χ3n) is 7.32. The smallest absolute Gasteiger partial charge is 0.408 e. The van der Waals surface area contributed by atoms with Crippen molar-refractivity contribution in [3.63, 3.8) is 0 Å². The van der Waals surface area contributed by atoms with Gasteiger partial charge in [-0.25, -0.2) is 14.4 Å². The molecule has 0 aliphatic heterocycles. The third-order valence-corrected chi connectivity index (χ3v) is 7.32. The van der Waals surface area contributed by atoms with Crippen LogP contribution in [0.15, 0.2) is 119 Å². The van der Waals surface area contributed by atoms with Crippen molar-refractivity contribution in [1.82, 2.24) is 10.3 Å². The zero-order chi connectivity index (χ0) is 32.8. The van der Waals surface area contributed by atoms with Gasteiger partial charge in [-0.3, -0.25) is 4.79 Å². The Morgan fingerprint density at radius 1 is 0.872 bits per heavy atom. The molecule has 11 nitrogen and oxygen atoms in total. The SMILES string of the molecule is COC(=O)c1ccc(Oc2coc3cc(OC(=O)[C@@H](Cc4c[nH]c5ccccc45)NC(=O)OCc4ccccc4)ccc3c2=O)cc1. The van der Waals surface area contributed by atoms with E-state index >= 15 is 0 Å². The van der Waals surface area contributed by atoms with Gasteiger partial charge in [0.2, 0.25) is 11.2 Å². The van der Waals surface area contributed by atoms with E-state index < -0.39 is 29.5 Å². The van der Waals surface area contributed by atoms with Crippen LogP contribution in [0.4, 0.5) is 4.79 Å². The van der Waals surface area contributed by atoms with Gasteiger partial charge in [0.1, 0.15) is 36.0 Å². The summed E-state index contributed by atoms with van der Waals surface area (Å²) in [5, 5.41) is 3.72. The van der Waals surface area contributed by atoms with Crippen molar-refractivity contribution in [2.24, 2.45) is 0 Å². The van der Waals surface area contributed by atoms with Crippen molar-refractivity contribution in [3.05, 3.63) is 136 Å². The fraction of sp³-hybridized carbons (Fsp3) is 0.111. The van der Waals surface area contributed by atoms with Gasteiger partial charge in [0.05, 0.1) is 18.1 Å². The maximum absolute atomic E-state index is 13.5. The Morgan fingerprint density at radius 2 is 1.62 bits per heavy atom. The summed E-state index contributed by atoms with van der Waals surface area (Å²) in [6.45, 7) is 0.0235. The molecule has 0 spiro atoms. The van der Waals surface area contributed by atoms with Crippen LogP contribution < -0.4 is 20.2 Å². The number of hydrogen-bond acceptors (Lipinski definition) is 9. The minimum Gasteiger partial charge on any atom is -0.465 e. The molecule has 2 heterocycles. The van der Waals surface area contributed by atoms with Crippen LogP contribution in [0, 0.1) is 0 Å². The number of esters is 2. The molecule has 4 aromatic carbocycles. The van der Waals surface area contributed by atoms with Crippen LogP contribution in [0.2, 0.25) is 0 Å².